The maximum absolute atomic E-state index is 12.1. The van der Waals surface area contributed by atoms with Gasteiger partial charge in [0.05, 0.1) is 0 Å². The molecule has 1 aromatic rings. The highest BCUT2D eigenvalue weighted by atomic mass is 16.6. The molecule has 0 spiro atoms. The number of nitrogens with one attached hydrogen (secondary N) is 1. The first-order chi connectivity index (χ1) is 13.2. The lowest BCUT2D eigenvalue weighted by Gasteiger charge is -2.29. The molecule has 1 unspecified atom stereocenters. The van der Waals surface area contributed by atoms with Crippen LogP contribution in [0.3, 0.4) is 0 Å². The van der Waals surface area contributed by atoms with E-state index in [9.17, 15) is 14.4 Å². The van der Waals surface area contributed by atoms with E-state index >= 15 is 0 Å². The first-order valence-electron chi connectivity index (χ1n) is 9.49. The number of piperidine rings is 1. The van der Waals surface area contributed by atoms with Crippen LogP contribution in [0.4, 0.5) is 4.79 Å². The van der Waals surface area contributed by atoms with Gasteiger partial charge in [-0.3, -0.25) is 14.9 Å². The summed E-state index contributed by atoms with van der Waals surface area (Å²) in [4.78, 5) is 36.8. The van der Waals surface area contributed by atoms with Crippen molar-refractivity contribution in [3.05, 3.63) is 35.9 Å². The van der Waals surface area contributed by atoms with Crippen LogP contribution in [-0.2, 0) is 14.3 Å². The van der Waals surface area contributed by atoms with Crippen LogP contribution < -0.4 is 10.1 Å². The molecular formula is C21H26N2O5. The largest absolute Gasteiger partial charge is 0.481 e. The van der Waals surface area contributed by atoms with Gasteiger partial charge in [-0.25, -0.2) is 4.79 Å². The molecule has 7 heteroatoms. The molecule has 1 atom stereocenters. The number of rotatable bonds is 3. The fraction of sp³-hybridized carbons (Fsp3) is 0.476. The Morgan fingerprint density at radius 3 is 2.43 bits per heavy atom. The maximum atomic E-state index is 12.1. The lowest BCUT2D eigenvalue weighted by Crippen LogP contribution is -2.46. The third kappa shape index (κ3) is 5.12. The minimum absolute atomic E-state index is 0.259. The predicted octanol–water partition coefficient (Wildman–Crippen LogP) is 2.89. The second-order valence-electron chi connectivity index (χ2n) is 7.99. The standard InChI is InChI=1S/C21H26N2O5/c1-21(2,3)28-20(26)23-12-10-15(11-13-23)14-4-6-16(7-5-14)27-17-8-9-18(24)22-19(17)25/h4-7,10,17H,8-9,11-13H2,1-3H3,(H,22,24,25). The summed E-state index contributed by atoms with van der Waals surface area (Å²) in [6.45, 7) is 6.69. The molecule has 1 N–H and O–H groups in total. The van der Waals surface area contributed by atoms with Gasteiger partial charge >= 0.3 is 6.09 Å². The van der Waals surface area contributed by atoms with E-state index < -0.39 is 17.6 Å². The van der Waals surface area contributed by atoms with Crippen LogP contribution >= 0.6 is 0 Å². The molecule has 2 aliphatic heterocycles. The number of carbonyl (C=O) groups is 3. The number of imide groups is 1. The van der Waals surface area contributed by atoms with Crippen LogP contribution in [0.5, 0.6) is 5.75 Å². The molecule has 0 saturated carbocycles. The van der Waals surface area contributed by atoms with Crippen molar-refractivity contribution < 1.29 is 23.9 Å². The van der Waals surface area contributed by atoms with E-state index in [0.29, 0.717) is 25.3 Å². The van der Waals surface area contributed by atoms with Crippen LogP contribution in [0.1, 0.15) is 45.6 Å². The summed E-state index contributed by atoms with van der Waals surface area (Å²) in [5, 5.41) is 2.29. The van der Waals surface area contributed by atoms with Crippen molar-refractivity contribution in [3.63, 3.8) is 0 Å². The minimum Gasteiger partial charge on any atom is -0.481 e. The van der Waals surface area contributed by atoms with E-state index in [0.717, 1.165) is 17.6 Å². The average molecular weight is 386 g/mol. The Morgan fingerprint density at radius 1 is 1.14 bits per heavy atom. The Bertz CT molecular complexity index is 792. The van der Waals surface area contributed by atoms with Gasteiger partial charge in [-0.05, 0) is 50.5 Å². The Kier molecular flexibility index (Phi) is 5.72. The summed E-state index contributed by atoms with van der Waals surface area (Å²) in [6, 6.07) is 7.52. The molecule has 0 aliphatic carbocycles. The summed E-state index contributed by atoms with van der Waals surface area (Å²) in [5.74, 6) is -0.0625. The number of benzene rings is 1. The molecule has 3 amide bonds. The Hall–Kier alpha value is -2.83. The molecule has 150 valence electrons. The highest BCUT2D eigenvalue weighted by molar-refractivity contribution is 5.99. The van der Waals surface area contributed by atoms with Crippen molar-refractivity contribution in [1.29, 1.82) is 0 Å². The molecule has 3 rings (SSSR count). The van der Waals surface area contributed by atoms with Crippen LogP contribution in [-0.4, -0.2) is 47.6 Å². The maximum Gasteiger partial charge on any atom is 0.410 e. The third-order valence-corrected chi connectivity index (χ3v) is 4.55. The number of hydrogen-bond donors (Lipinski definition) is 1. The van der Waals surface area contributed by atoms with Crippen LogP contribution in [0, 0.1) is 0 Å². The molecule has 1 saturated heterocycles. The number of ether oxygens (including phenoxy) is 2. The number of amides is 3. The van der Waals surface area contributed by atoms with Gasteiger partial charge in [0, 0.05) is 25.9 Å². The Labute approximate surface area is 164 Å². The molecule has 7 nitrogen and oxygen atoms in total. The molecule has 1 fully saturated rings. The van der Waals surface area contributed by atoms with Gasteiger partial charge in [0.25, 0.3) is 5.91 Å². The van der Waals surface area contributed by atoms with Crippen molar-refractivity contribution in [2.24, 2.45) is 0 Å². The molecular weight excluding hydrogens is 360 g/mol. The minimum atomic E-state index is -0.639. The van der Waals surface area contributed by atoms with Gasteiger partial charge in [0.1, 0.15) is 11.4 Å². The first kappa shape index (κ1) is 19.9. The molecule has 2 aliphatic rings. The average Bonchev–Trinajstić information content (AvgIpc) is 2.63. The Balaban J connectivity index is 1.57. The summed E-state index contributed by atoms with van der Waals surface area (Å²) in [6.07, 6.45) is 2.51. The van der Waals surface area contributed by atoms with E-state index in [1.165, 1.54) is 0 Å². The van der Waals surface area contributed by atoms with Gasteiger partial charge in [-0.15, -0.1) is 0 Å². The normalized spacial score (nSPS) is 20.3. The SMILES string of the molecule is CC(C)(C)OC(=O)N1CC=C(c2ccc(OC3CCC(=O)NC3=O)cc2)CC1. The van der Waals surface area contributed by atoms with Crippen molar-refractivity contribution in [2.45, 2.75) is 51.7 Å². The number of hydrogen-bond acceptors (Lipinski definition) is 5. The molecule has 0 bridgehead atoms. The van der Waals surface area contributed by atoms with Crippen molar-refractivity contribution in [3.8, 4) is 5.75 Å². The number of nitrogens with zero attached hydrogens (tertiary/aromatic N) is 1. The fourth-order valence-electron chi connectivity index (χ4n) is 3.12. The van der Waals surface area contributed by atoms with E-state index in [1.807, 2.05) is 51.1 Å². The van der Waals surface area contributed by atoms with Crippen molar-refractivity contribution in [1.82, 2.24) is 10.2 Å². The van der Waals surface area contributed by atoms with Crippen molar-refractivity contribution >= 4 is 23.5 Å². The van der Waals surface area contributed by atoms with Crippen molar-refractivity contribution in [2.75, 3.05) is 13.1 Å². The Morgan fingerprint density at radius 2 is 1.86 bits per heavy atom. The quantitative estimate of drug-likeness (QED) is 0.808. The first-order valence-corrected chi connectivity index (χ1v) is 9.49. The zero-order chi connectivity index (χ0) is 20.3. The van der Waals surface area contributed by atoms with Gasteiger partial charge < -0.3 is 14.4 Å². The lowest BCUT2D eigenvalue weighted by atomic mass is 9.99. The second kappa shape index (κ2) is 8.04. The van der Waals surface area contributed by atoms with E-state index in [4.69, 9.17) is 9.47 Å². The summed E-state index contributed by atoms with van der Waals surface area (Å²) < 4.78 is 11.1. The highest BCUT2D eigenvalue weighted by Crippen LogP contribution is 2.26. The van der Waals surface area contributed by atoms with Gasteiger partial charge in [0.15, 0.2) is 6.10 Å². The fourth-order valence-corrected chi connectivity index (χ4v) is 3.12. The molecule has 0 aromatic heterocycles. The third-order valence-electron chi connectivity index (χ3n) is 4.55. The smallest absolute Gasteiger partial charge is 0.410 e. The van der Waals surface area contributed by atoms with E-state index in [-0.39, 0.29) is 18.4 Å². The van der Waals surface area contributed by atoms with Crippen LogP contribution in [0.2, 0.25) is 0 Å². The van der Waals surface area contributed by atoms with Crippen LogP contribution in [0.25, 0.3) is 5.57 Å². The topological polar surface area (TPSA) is 84.9 Å². The van der Waals surface area contributed by atoms with E-state index in [2.05, 4.69) is 5.32 Å². The summed E-state index contributed by atoms with van der Waals surface area (Å²) in [5.41, 5.74) is 1.71. The monoisotopic (exact) mass is 386 g/mol. The highest BCUT2D eigenvalue weighted by Gasteiger charge is 2.28. The van der Waals surface area contributed by atoms with Gasteiger partial charge in [-0.1, -0.05) is 18.2 Å². The summed E-state index contributed by atoms with van der Waals surface area (Å²) in [7, 11) is 0. The number of carbonyl (C=O) groups excluding carboxylic acids is 3. The zero-order valence-corrected chi connectivity index (χ0v) is 16.5. The van der Waals surface area contributed by atoms with E-state index in [1.54, 1.807) is 4.90 Å². The molecule has 28 heavy (non-hydrogen) atoms. The molecule has 0 radical (unpaired) electrons. The predicted molar refractivity (Wildman–Crippen MR) is 104 cm³/mol. The second-order valence-corrected chi connectivity index (χ2v) is 7.99. The van der Waals surface area contributed by atoms with Gasteiger partial charge in [0.2, 0.25) is 5.91 Å². The molecule has 1 aromatic carbocycles. The summed E-state index contributed by atoms with van der Waals surface area (Å²) >= 11 is 0. The zero-order valence-electron chi connectivity index (χ0n) is 16.5. The lowest BCUT2D eigenvalue weighted by molar-refractivity contribution is -0.138. The molecule has 2 heterocycles. The van der Waals surface area contributed by atoms with Crippen LogP contribution in [0.15, 0.2) is 30.3 Å². The van der Waals surface area contributed by atoms with Gasteiger partial charge in [-0.2, -0.15) is 0 Å².